The molecule has 0 aliphatic carbocycles. The third-order valence-electron chi connectivity index (χ3n) is 6.33. The number of esters is 1. The molecule has 0 aromatic heterocycles. The minimum absolute atomic E-state index is 0.0781. The Bertz CT molecular complexity index is 1020. The Hall–Kier alpha value is -2.68. The molecular formula is C28H34F3NO4. The van der Waals surface area contributed by atoms with E-state index in [1.54, 1.807) is 19.1 Å². The lowest BCUT2D eigenvalue weighted by atomic mass is 10.0. The predicted octanol–water partition coefficient (Wildman–Crippen LogP) is 5.43. The summed E-state index contributed by atoms with van der Waals surface area (Å²) in [5.41, 5.74) is 1.72. The number of benzene rings is 2. The summed E-state index contributed by atoms with van der Waals surface area (Å²) >= 11 is 0. The van der Waals surface area contributed by atoms with Crippen LogP contribution < -0.4 is 0 Å². The molecule has 1 fully saturated rings. The van der Waals surface area contributed by atoms with Crippen LogP contribution in [0.2, 0.25) is 0 Å². The molecule has 1 unspecified atom stereocenters. The van der Waals surface area contributed by atoms with E-state index in [2.05, 4.69) is 4.90 Å². The Kier molecular flexibility index (Phi) is 10.1. The molecule has 3 atom stereocenters. The number of likely N-dealkylation sites (tertiary alicyclic amines) is 1. The normalized spacial score (nSPS) is 18.4. The van der Waals surface area contributed by atoms with Gasteiger partial charge in [0.15, 0.2) is 0 Å². The van der Waals surface area contributed by atoms with Gasteiger partial charge < -0.3 is 14.6 Å². The fourth-order valence-electron chi connectivity index (χ4n) is 4.56. The van der Waals surface area contributed by atoms with Crippen molar-refractivity contribution in [1.82, 2.24) is 4.90 Å². The van der Waals surface area contributed by atoms with Crippen molar-refractivity contribution in [3.63, 3.8) is 0 Å². The van der Waals surface area contributed by atoms with Crippen LogP contribution in [-0.2, 0) is 26.9 Å². The Morgan fingerprint density at radius 2 is 2.00 bits per heavy atom. The Morgan fingerprint density at radius 1 is 1.22 bits per heavy atom. The monoisotopic (exact) mass is 505 g/mol. The number of rotatable bonds is 11. The summed E-state index contributed by atoms with van der Waals surface area (Å²) in [7, 11) is 0. The van der Waals surface area contributed by atoms with E-state index >= 15 is 0 Å². The fraction of sp³-hybridized carbons (Fsp3) is 0.464. The van der Waals surface area contributed by atoms with Gasteiger partial charge >= 0.3 is 12.1 Å². The van der Waals surface area contributed by atoms with Crippen molar-refractivity contribution < 1.29 is 32.5 Å². The van der Waals surface area contributed by atoms with Crippen molar-refractivity contribution in [3.8, 4) is 0 Å². The average Bonchev–Trinajstić information content (AvgIpc) is 3.27. The molecule has 0 radical (unpaired) electrons. The van der Waals surface area contributed by atoms with Gasteiger partial charge in [-0.25, -0.2) is 4.79 Å². The molecule has 3 rings (SSSR count). The van der Waals surface area contributed by atoms with E-state index in [1.807, 2.05) is 31.2 Å². The molecule has 2 aromatic carbocycles. The average molecular weight is 506 g/mol. The predicted molar refractivity (Wildman–Crippen MR) is 132 cm³/mol. The van der Waals surface area contributed by atoms with Crippen molar-refractivity contribution in [2.24, 2.45) is 0 Å². The zero-order chi connectivity index (χ0) is 26.1. The topological polar surface area (TPSA) is 59.0 Å². The maximum Gasteiger partial charge on any atom is 0.416 e. The number of aliphatic hydroxyl groups is 1. The van der Waals surface area contributed by atoms with Gasteiger partial charge in [-0.15, -0.1) is 0 Å². The van der Waals surface area contributed by atoms with Gasteiger partial charge in [0.1, 0.15) is 0 Å². The number of hydrogen-bond donors (Lipinski definition) is 1. The first-order chi connectivity index (χ1) is 17.2. The lowest BCUT2D eigenvalue weighted by molar-refractivity contribution is -0.138. The molecule has 36 heavy (non-hydrogen) atoms. The molecule has 0 amide bonds. The highest BCUT2D eigenvalue weighted by molar-refractivity contribution is 5.87. The van der Waals surface area contributed by atoms with Gasteiger partial charge in [-0.1, -0.05) is 42.5 Å². The molecular weight excluding hydrogens is 471 g/mol. The van der Waals surface area contributed by atoms with Gasteiger partial charge in [0.05, 0.1) is 31.0 Å². The number of carbonyl (C=O) groups is 1. The van der Waals surface area contributed by atoms with Gasteiger partial charge in [0.2, 0.25) is 0 Å². The molecule has 1 aliphatic heterocycles. The lowest BCUT2D eigenvalue weighted by Crippen LogP contribution is -2.39. The summed E-state index contributed by atoms with van der Waals surface area (Å²) in [5, 5.41) is 10.7. The van der Waals surface area contributed by atoms with Crippen molar-refractivity contribution >= 4 is 12.0 Å². The lowest BCUT2D eigenvalue weighted by Gasteiger charge is -2.28. The van der Waals surface area contributed by atoms with E-state index in [9.17, 15) is 23.1 Å². The first-order valence-electron chi connectivity index (χ1n) is 12.3. The highest BCUT2D eigenvalue weighted by Crippen LogP contribution is 2.31. The third kappa shape index (κ3) is 8.18. The number of ether oxygens (including phenoxy) is 2. The number of hydrogen-bond acceptors (Lipinski definition) is 5. The van der Waals surface area contributed by atoms with E-state index in [4.69, 9.17) is 9.47 Å². The summed E-state index contributed by atoms with van der Waals surface area (Å²) in [6, 6.07) is 13.1. The molecule has 1 saturated heterocycles. The van der Waals surface area contributed by atoms with Crippen molar-refractivity contribution in [2.45, 2.75) is 57.5 Å². The van der Waals surface area contributed by atoms with Gasteiger partial charge in [-0.05, 0) is 68.5 Å². The number of aliphatic hydroxyl groups excluding tert-OH is 1. The highest BCUT2D eigenvalue weighted by Gasteiger charge is 2.31. The molecule has 196 valence electrons. The van der Waals surface area contributed by atoms with Crippen LogP contribution in [0.1, 0.15) is 55.0 Å². The molecule has 0 bridgehead atoms. The van der Waals surface area contributed by atoms with Crippen LogP contribution in [0.25, 0.3) is 6.08 Å². The van der Waals surface area contributed by atoms with Crippen LogP contribution in [0.5, 0.6) is 0 Å². The maximum absolute atomic E-state index is 13.1. The zero-order valence-electron chi connectivity index (χ0n) is 20.7. The number of β-amino-alcohol motifs (C(OH)–C–C–N with tert-alkyl or cyclic N) is 1. The molecule has 1 heterocycles. The molecule has 0 saturated carbocycles. The summed E-state index contributed by atoms with van der Waals surface area (Å²) in [6.07, 6.45) is -0.0296. The summed E-state index contributed by atoms with van der Waals surface area (Å²) in [6.45, 7) is 5.23. The highest BCUT2D eigenvalue weighted by atomic mass is 19.4. The van der Waals surface area contributed by atoms with Crippen molar-refractivity contribution in [3.05, 3.63) is 76.9 Å². The number of halogens is 3. The number of alkyl halides is 3. The van der Waals surface area contributed by atoms with Crippen LogP contribution in [0.15, 0.2) is 54.6 Å². The van der Waals surface area contributed by atoms with E-state index < -0.39 is 23.8 Å². The number of nitrogens with zero attached hydrogens (tertiary/aromatic N) is 1. The Morgan fingerprint density at radius 3 is 2.75 bits per heavy atom. The quantitative estimate of drug-likeness (QED) is 0.326. The van der Waals surface area contributed by atoms with Gasteiger partial charge in [0, 0.05) is 18.7 Å². The largest absolute Gasteiger partial charge is 0.463 e. The van der Waals surface area contributed by atoms with Crippen LogP contribution in [0.3, 0.4) is 0 Å². The first-order valence-corrected chi connectivity index (χ1v) is 12.3. The van der Waals surface area contributed by atoms with Gasteiger partial charge in [-0.3, -0.25) is 4.90 Å². The van der Waals surface area contributed by atoms with Crippen molar-refractivity contribution in [1.29, 1.82) is 0 Å². The first kappa shape index (κ1) is 27.9. The van der Waals surface area contributed by atoms with Crippen LogP contribution in [0.4, 0.5) is 13.2 Å². The summed E-state index contributed by atoms with van der Waals surface area (Å²) < 4.78 is 50.0. The van der Waals surface area contributed by atoms with Crippen LogP contribution >= 0.6 is 0 Å². The van der Waals surface area contributed by atoms with Crippen LogP contribution in [0, 0.1) is 0 Å². The standard InChI is InChI=1S/C28H34F3NO4/c1-3-35-27(34)14-13-22-9-4-5-12-26(22)20(2)36-19-25(33)18-32-15-7-11-24(32)17-21-8-6-10-23(16-21)28(29,30)31/h4-6,8-10,12-14,16,20,24-25,33H,3,7,11,15,17-19H2,1-2H3/b14-13+/t20-,24+,25?/m1/s1. The van der Waals surface area contributed by atoms with Gasteiger partial charge in [-0.2, -0.15) is 13.2 Å². The van der Waals surface area contributed by atoms with E-state index in [0.717, 1.165) is 36.6 Å². The summed E-state index contributed by atoms with van der Waals surface area (Å²) in [4.78, 5) is 13.8. The zero-order valence-corrected chi connectivity index (χ0v) is 20.7. The smallest absolute Gasteiger partial charge is 0.416 e. The minimum Gasteiger partial charge on any atom is -0.463 e. The Balaban J connectivity index is 1.54. The SMILES string of the molecule is CCOC(=O)/C=C/c1ccccc1[C@@H](C)OCC(O)CN1CCC[C@H]1Cc1cccc(C(F)(F)F)c1. The molecule has 0 spiro atoms. The Labute approximate surface area is 210 Å². The number of carbonyl (C=O) groups excluding carboxylic acids is 1. The third-order valence-corrected chi connectivity index (χ3v) is 6.33. The van der Waals surface area contributed by atoms with Gasteiger partial charge in [0.25, 0.3) is 0 Å². The molecule has 1 N–H and O–H groups in total. The van der Waals surface area contributed by atoms with Crippen molar-refractivity contribution in [2.75, 3.05) is 26.3 Å². The minimum atomic E-state index is -4.36. The second-order valence-corrected chi connectivity index (χ2v) is 9.04. The maximum atomic E-state index is 13.1. The van der Waals surface area contributed by atoms with E-state index in [0.29, 0.717) is 25.1 Å². The molecule has 5 nitrogen and oxygen atoms in total. The van der Waals surface area contributed by atoms with E-state index in [1.165, 1.54) is 18.2 Å². The molecule has 1 aliphatic rings. The van der Waals surface area contributed by atoms with E-state index in [-0.39, 0.29) is 18.8 Å². The second-order valence-electron chi connectivity index (χ2n) is 9.04. The molecule has 2 aromatic rings. The second kappa shape index (κ2) is 13.0. The fourth-order valence-corrected chi connectivity index (χ4v) is 4.56. The van der Waals surface area contributed by atoms with Crippen LogP contribution in [-0.4, -0.2) is 54.4 Å². The molecule has 8 heteroatoms. The summed E-state index contributed by atoms with van der Waals surface area (Å²) in [5.74, 6) is -0.415.